The van der Waals surface area contributed by atoms with Gasteiger partial charge in [0.05, 0.1) is 12.7 Å². The molecule has 0 amide bonds. The van der Waals surface area contributed by atoms with Crippen LogP contribution in [0.1, 0.15) is 20.8 Å². The summed E-state index contributed by atoms with van der Waals surface area (Å²) in [4.78, 5) is 0. The Morgan fingerprint density at radius 3 is 2.44 bits per heavy atom. The van der Waals surface area contributed by atoms with Gasteiger partial charge in [0.15, 0.2) is 0 Å². The lowest BCUT2D eigenvalue weighted by Crippen LogP contribution is -2.16. The van der Waals surface area contributed by atoms with E-state index in [4.69, 9.17) is 4.43 Å². The summed E-state index contributed by atoms with van der Waals surface area (Å²) in [5.41, 5.74) is 0. The quantitative estimate of drug-likeness (QED) is 0.555. The van der Waals surface area contributed by atoms with E-state index in [1.54, 1.807) is 6.92 Å². The second kappa shape index (κ2) is 4.49. The van der Waals surface area contributed by atoms with Gasteiger partial charge in [0.1, 0.15) is 0 Å². The van der Waals surface area contributed by atoms with Crippen molar-refractivity contribution < 1.29 is 13.3 Å². The fourth-order valence-electron chi connectivity index (χ4n) is 0.344. The molecule has 0 radical (unpaired) electrons. The van der Waals surface area contributed by atoms with Crippen molar-refractivity contribution in [3.63, 3.8) is 0 Å². The average Bonchev–Trinajstić information content (AvgIpc) is 1.63. The van der Waals surface area contributed by atoms with E-state index in [9.17, 15) is 4.46 Å². The Morgan fingerprint density at radius 1 is 1.56 bits per heavy atom. The highest BCUT2D eigenvalue weighted by atomic mass is 28.3. The van der Waals surface area contributed by atoms with E-state index >= 15 is 0 Å². The Hall–Kier alpha value is -0.383. The first-order valence-corrected chi connectivity index (χ1v) is 4.22. The van der Waals surface area contributed by atoms with Gasteiger partial charge in [0.2, 0.25) is 0 Å². The highest BCUT2D eigenvalue weighted by molar-refractivity contribution is 6.26. The summed E-state index contributed by atoms with van der Waals surface area (Å²) in [6, 6.07) is 0. The second-order valence-electron chi connectivity index (χ2n) is 1.85. The van der Waals surface area contributed by atoms with Crippen molar-refractivity contribution in [1.29, 1.82) is 0 Å². The summed E-state index contributed by atoms with van der Waals surface area (Å²) in [6.45, 7) is 5.87. The van der Waals surface area contributed by atoms with Crippen LogP contribution in [0.15, 0.2) is 0 Å². The zero-order chi connectivity index (χ0) is 7.28. The van der Waals surface area contributed by atoms with Crippen molar-refractivity contribution in [2.45, 2.75) is 26.9 Å². The average molecular weight is 148 g/mol. The van der Waals surface area contributed by atoms with E-state index in [1.165, 1.54) is 0 Å². The molecular weight excluding hydrogens is 136 g/mol. The molecule has 9 heavy (non-hydrogen) atoms. The molecule has 3 nitrogen and oxygen atoms in total. The van der Waals surface area contributed by atoms with Crippen molar-refractivity contribution in [2.75, 3.05) is 6.61 Å². The second-order valence-corrected chi connectivity index (χ2v) is 2.87. The van der Waals surface area contributed by atoms with E-state index in [0.717, 1.165) is 0 Å². The minimum absolute atomic E-state index is 0.0112. The molecule has 0 aliphatic carbocycles. The molecule has 4 heteroatoms. The fraction of sp³-hybridized carbons (Fsp3) is 1.00. The zero-order valence-corrected chi connectivity index (χ0v) is 7.01. The minimum Gasteiger partial charge on any atom is -0.496 e. The minimum atomic E-state index is -2.19. The maximum atomic E-state index is 10.6. The zero-order valence-electron chi connectivity index (χ0n) is 6.01. The largest absolute Gasteiger partial charge is 0.767 e. The van der Waals surface area contributed by atoms with Gasteiger partial charge in [-0.05, 0) is 20.8 Å². The maximum absolute atomic E-state index is 10.6. The number of rotatable bonds is 4. The highest BCUT2D eigenvalue weighted by Gasteiger charge is 2.10. The molecule has 0 bridgehead atoms. The Balaban J connectivity index is 3.27. The van der Waals surface area contributed by atoms with Gasteiger partial charge >= 0.3 is 9.17 Å². The molecular formula is C5H12O3Si. The van der Waals surface area contributed by atoms with E-state index in [1.807, 2.05) is 13.8 Å². The third kappa shape index (κ3) is 5.49. The molecule has 0 unspecified atom stereocenters. The SMILES string of the molecule is CCO[Si](=O)OC(C)C. The molecule has 0 aromatic carbocycles. The topological polar surface area (TPSA) is 35.5 Å². The Morgan fingerprint density at radius 2 is 2.11 bits per heavy atom. The molecule has 0 fully saturated rings. The first-order valence-electron chi connectivity index (χ1n) is 3.00. The van der Waals surface area contributed by atoms with Crippen molar-refractivity contribution in [3.8, 4) is 0 Å². The van der Waals surface area contributed by atoms with E-state index in [0.29, 0.717) is 6.61 Å². The molecule has 0 saturated carbocycles. The van der Waals surface area contributed by atoms with Gasteiger partial charge in [-0.15, -0.1) is 0 Å². The third-order valence-electron chi connectivity index (χ3n) is 0.594. The predicted octanol–water partition coefficient (Wildman–Crippen LogP) is 0.863. The molecule has 0 aliphatic rings. The maximum Gasteiger partial charge on any atom is 0.767 e. The van der Waals surface area contributed by atoms with E-state index < -0.39 is 9.17 Å². The van der Waals surface area contributed by atoms with Gasteiger partial charge in [-0.2, -0.15) is 0 Å². The summed E-state index contributed by atoms with van der Waals surface area (Å²) in [7, 11) is -2.19. The summed E-state index contributed by atoms with van der Waals surface area (Å²) in [5.74, 6) is 0. The summed E-state index contributed by atoms with van der Waals surface area (Å²) in [5, 5.41) is 0. The van der Waals surface area contributed by atoms with Crippen LogP contribution in [0.25, 0.3) is 0 Å². The van der Waals surface area contributed by atoms with Crippen molar-refractivity contribution in [3.05, 3.63) is 0 Å². The van der Waals surface area contributed by atoms with Crippen molar-refractivity contribution in [1.82, 2.24) is 0 Å². The van der Waals surface area contributed by atoms with Crippen LogP contribution < -0.4 is 0 Å². The Bertz CT molecular complexity index is 92.2. The Labute approximate surface area is 56.9 Å². The predicted molar refractivity (Wildman–Crippen MR) is 34.3 cm³/mol. The first-order chi connectivity index (χ1) is 4.16. The molecule has 54 valence electrons. The van der Waals surface area contributed by atoms with Gasteiger partial charge in [0.25, 0.3) is 0 Å². The van der Waals surface area contributed by atoms with Crippen LogP contribution >= 0.6 is 0 Å². The summed E-state index contributed by atoms with van der Waals surface area (Å²) >= 11 is 0. The first kappa shape index (κ1) is 8.62. The lowest BCUT2D eigenvalue weighted by atomic mass is 10.5. The molecule has 0 rings (SSSR count). The fourth-order valence-corrected chi connectivity index (χ4v) is 1.03. The van der Waals surface area contributed by atoms with E-state index in [2.05, 4.69) is 4.43 Å². The van der Waals surface area contributed by atoms with Crippen LogP contribution in [-0.4, -0.2) is 21.9 Å². The molecule has 0 saturated heterocycles. The number of hydrogen-bond donors (Lipinski definition) is 0. The molecule has 0 atom stereocenters. The van der Waals surface area contributed by atoms with Gasteiger partial charge in [0, 0.05) is 0 Å². The molecule has 0 heterocycles. The van der Waals surface area contributed by atoms with Gasteiger partial charge in [-0.3, -0.25) is 4.46 Å². The monoisotopic (exact) mass is 148 g/mol. The summed E-state index contributed by atoms with van der Waals surface area (Å²) < 4.78 is 20.1. The lowest BCUT2D eigenvalue weighted by Gasteiger charge is -2.05. The molecule has 0 aliphatic heterocycles. The van der Waals surface area contributed by atoms with Crippen molar-refractivity contribution >= 4 is 9.17 Å². The number of hydrogen-bond acceptors (Lipinski definition) is 3. The van der Waals surface area contributed by atoms with E-state index in [-0.39, 0.29) is 6.10 Å². The molecule has 0 aromatic rings. The van der Waals surface area contributed by atoms with Crippen LogP contribution in [0.4, 0.5) is 0 Å². The lowest BCUT2D eigenvalue weighted by molar-refractivity contribution is 0.139. The molecule has 0 aromatic heterocycles. The third-order valence-corrected chi connectivity index (χ3v) is 1.78. The Kier molecular flexibility index (Phi) is 4.30. The van der Waals surface area contributed by atoms with Gasteiger partial charge in [-0.25, -0.2) is 0 Å². The van der Waals surface area contributed by atoms with Crippen LogP contribution in [0.3, 0.4) is 0 Å². The van der Waals surface area contributed by atoms with Crippen LogP contribution in [-0.2, 0) is 13.3 Å². The standard InChI is InChI=1S/C5H12O3Si/c1-4-7-9(6)8-5(2)3/h5H,4H2,1-3H3. The molecule has 0 N–H and O–H groups in total. The van der Waals surface area contributed by atoms with Gasteiger partial charge < -0.3 is 8.85 Å². The van der Waals surface area contributed by atoms with Crippen LogP contribution in [0.2, 0.25) is 0 Å². The highest BCUT2D eigenvalue weighted by Crippen LogP contribution is 1.87. The summed E-state index contributed by atoms with van der Waals surface area (Å²) in [6.07, 6.45) is -0.0112. The van der Waals surface area contributed by atoms with Crippen LogP contribution in [0.5, 0.6) is 0 Å². The van der Waals surface area contributed by atoms with Crippen molar-refractivity contribution in [2.24, 2.45) is 0 Å². The normalized spacial score (nSPS) is 9.33. The van der Waals surface area contributed by atoms with Crippen LogP contribution in [0, 0.1) is 0 Å². The molecule has 0 spiro atoms. The smallest absolute Gasteiger partial charge is 0.496 e. The van der Waals surface area contributed by atoms with Gasteiger partial charge in [-0.1, -0.05) is 0 Å².